The summed E-state index contributed by atoms with van der Waals surface area (Å²) in [5, 5.41) is 11.4. The highest BCUT2D eigenvalue weighted by Gasteiger charge is 2.40. The van der Waals surface area contributed by atoms with Gasteiger partial charge in [0, 0.05) is 43.7 Å². The Bertz CT molecular complexity index is 1720. The van der Waals surface area contributed by atoms with Crippen LogP contribution in [0.4, 0.5) is 4.79 Å². The molecule has 1 amide bonds. The third-order valence-corrected chi connectivity index (χ3v) is 9.01. The van der Waals surface area contributed by atoms with Crippen molar-refractivity contribution in [3.63, 3.8) is 0 Å². The van der Waals surface area contributed by atoms with Crippen molar-refractivity contribution in [3.05, 3.63) is 100 Å². The Morgan fingerprint density at radius 1 is 0.935 bits per heavy atom. The van der Waals surface area contributed by atoms with Gasteiger partial charge in [0.05, 0.1) is 11.6 Å². The number of hydrogen-bond donors (Lipinski definition) is 1. The number of carbonyl (C=O) groups is 1. The first-order valence-electron chi connectivity index (χ1n) is 16.1. The fraction of sp³-hybridized carbons (Fsp3) is 0.405. The van der Waals surface area contributed by atoms with E-state index in [0.29, 0.717) is 63.0 Å². The molecule has 1 saturated heterocycles. The lowest BCUT2D eigenvalue weighted by Crippen LogP contribution is -2.51. The third-order valence-electron chi connectivity index (χ3n) is 9.01. The van der Waals surface area contributed by atoms with E-state index in [1.165, 1.54) is 0 Å². The number of benzene rings is 3. The Labute approximate surface area is 269 Å². The minimum atomic E-state index is -0.916. The molecular weight excluding hydrogens is 582 g/mol. The summed E-state index contributed by atoms with van der Waals surface area (Å²) in [6.45, 7) is 10.3. The summed E-state index contributed by atoms with van der Waals surface area (Å²) in [7, 11) is 0. The molecule has 9 heteroatoms. The van der Waals surface area contributed by atoms with Crippen LogP contribution in [-0.4, -0.2) is 64.5 Å². The van der Waals surface area contributed by atoms with Crippen LogP contribution in [0.15, 0.2) is 83.7 Å². The van der Waals surface area contributed by atoms with Crippen LogP contribution < -0.4 is 19.8 Å². The minimum absolute atomic E-state index is 0.0962. The van der Waals surface area contributed by atoms with Crippen LogP contribution in [0.2, 0.25) is 0 Å². The van der Waals surface area contributed by atoms with Crippen LogP contribution >= 0.6 is 0 Å². The summed E-state index contributed by atoms with van der Waals surface area (Å²) in [4.78, 5) is 30.2. The van der Waals surface area contributed by atoms with E-state index in [-0.39, 0.29) is 23.1 Å². The number of pyridine rings is 1. The Hall–Kier alpha value is -4.50. The van der Waals surface area contributed by atoms with Gasteiger partial charge in [0.2, 0.25) is 0 Å². The predicted molar refractivity (Wildman–Crippen MR) is 178 cm³/mol. The quantitative estimate of drug-likeness (QED) is 0.225. The molecule has 1 unspecified atom stereocenters. The second kappa shape index (κ2) is 13.5. The lowest BCUT2D eigenvalue weighted by atomic mass is 9.80. The van der Waals surface area contributed by atoms with Gasteiger partial charge in [-0.1, -0.05) is 69.3 Å². The van der Waals surface area contributed by atoms with Crippen molar-refractivity contribution in [1.29, 1.82) is 0 Å². The van der Waals surface area contributed by atoms with Gasteiger partial charge in [-0.2, -0.15) is 0 Å². The number of rotatable bonds is 9. The first kappa shape index (κ1) is 31.5. The summed E-state index contributed by atoms with van der Waals surface area (Å²) < 4.78 is 19.5. The van der Waals surface area contributed by atoms with Crippen LogP contribution in [0.1, 0.15) is 50.8 Å². The molecule has 1 N–H and O–H groups in total. The molecule has 242 valence electrons. The summed E-state index contributed by atoms with van der Waals surface area (Å²) in [6, 6.07) is 24.7. The topological polar surface area (TPSA) is 93.5 Å². The van der Waals surface area contributed by atoms with Gasteiger partial charge in [-0.25, -0.2) is 4.79 Å². The Kier molecular flexibility index (Phi) is 9.22. The van der Waals surface area contributed by atoms with E-state index in [0.717, 1.165) is 35.1 Å². The molecule has 0 saturated carbocycles. The average Bonchev–Trinajstić information content (AvgIpc) is 3.05. The highest BCUT2D eigenvalue weighted by molar-refractivity contribution is 5.85. The first-order valence-corrected chi connectivity index (χ1v) is 16.1. The van der Waals surface area contributed by atoms with Crippen LogP contribution in [0, 0.1) is 5.41 Å². The standard InChI is InChI=1S/C37H43N3O6/c1-37(2,3)35(27-13-14-31-33(23-27)45-22-21-44-31)40(36(42)43)28-15-17-38(18-16-28)19-20-39-30-12-8-7-11-29(30)32(24-34(39)41)46-25-26-9-5-4-6-10-26/h4-14,23-24,28,35H,15-22,25H2,1-3H3,(H,42,43). The third kappa shape index (κ3) is 6.84. The van der Waals surface area contributed by atoms with E-state index in [4.69, 9.17) is 14.2 Å². The number of fused-ring (bicyclic) bond motifs is 2. The first-order chi connectivity index (χ1) is 22.2. The number of amides is 1. The van der Waals surface area contributed by atoms with Crippen LogP contribution in [0.3, 0.4) is 0 Å². The maximum absolute atomic E-state index is 13.3. The number of carboxylic acid groups (broad SMARTS) is 1. The summed E-state index contributed by atoms with van der Waals surface area (Å²) >= 11 is 0. The lowest BCUT2D eigenvalue weighted by molar-refractivity contribution is 0.0291. The maximum atomic E-state index is 13.3. The molecule has 9 nitrogen and oxygen atoms in total. The van der Waals surface area contributed by atoms with Gasteiger partial charge < -0.3 is 28.8 Å². The number of aromatic nitrogens is 1. The number of piperidine rings is 1. The number of nitrogens with zero attached hydrogens (tertiary/aromatic N) is 3. The molecule has 2 aliphatic heterocycles. The summed E-state index contributed by atoms with van der Waals surface area (Å²) in [5.41, 5.74) is 2.35. The Morgan fingerprint density at radius 2 is 1.63 bits per heavy atom. The molecule has 4 aromatic rings. The van der Waals surface area contributed by atoms with Gasteiger partial charge >= 0.3 is 6.09 Å². The molecule has 1 aromatic heterocycles. The van der Waals surface area contributed by atoms with Crippen LogP contribution in [0.25, 0.3) is 10.9 Å². The zero-order chi connectivity index (χ0) is 32.3. The number of likely N-dealkylation sites (tertiary alicyclic amines) is 1. The predicted octanol–water partition coefficient (Wildman–Crippen LogP) is 6.58. The zero-order valence-corrected chi connectivity index (χ0v) is 26.9. The zero-order valence-electron chi connectivity index (χ0n) is 26.9. The fourth-order valence-electron chi connectivity index (χ4n) is 6.84. The number of hydrogen-bond acceptors (Lipinski definition) is 6. The molecule has 1 atom stereocenters. The van der Waals surface area contributed by atoms with E-state index in [1.54, 1.807) is 11.0 Å². The normalized spacial score (nSPS) is 16.2. The van der Waals surface area contributed by atoms with Gasteiger partial charge in [0.1, 0.15) is 25.6 Å². The van der Waals surface area contributed by atoms with Gasteiger partial charge in [0.25, 0.3) is 5.56 Å². The monoisotopic (exact) mass is 625 g/mol. The van der Waals surface area contributed by atoms with E-state index in [2.05, 4.69) is 25.7 Å². The lowest BCUT2D eigenvalue weighted by Gasteiger charge is -2.45. The molecule has 3 aromatic carbocycles. The van der Waals surface area contributed by atoms with Crippen molar-refractivity contribution in [2.75, 3.05) is 32.8 Å². The van der Waals surface area contributed by atoms with Gasteiger partial charge in [-0.15, -0.1) is 0 Å². The van der Waals surface area contributed by atoms with Crippen molar-refractivity contribution in [1.82, 2.24) is 14.4 Å². The maximum Gasteiger partial charge on any atom is 0.408 e. The SMILES string of the molecule is CC(C)(C)C(c1ccc2c(c1)OCCO2)N(C(=O)O)C1CCN(CCn2c(=O)cc(OCc3ccccc3)c3ccccc32)CC1. The summed E-state index contributed by atoms with van der Waals surface area (Å²) in [6.07, 6.45) is 0.511. The van der Waals surface area contributed by atoms with Crippen molar-refractivity contribution in [3.8, 4) is 17.2 Å². The molecule has 0 radical (unpaired) electrons. The molecule has 0 bridgehead atoms. The fourth-order valence-corrected chi connectivity index (χ4v) is 6.84. The summed E-state index contributed by atoms with van der Waals surface area (Å²) in [5.74, 6) is 1.94. The molecule has 0 spiro atoms. The van der Waals surface area contributed by atoms with Crippen molar-refractivity contribution in [2.24, 2.45) is 5.41 Å². The molecule has 3 heterocycles. The van der Waals surface area contributed by atoms with Crippen LogP contribution in [0.5, 0.6) is 17.2 Å². The molecule has 0 aliphatic carbocycles. The molecule has 2 aliphatic rings. The van der Waals surface area contributed by atoms with Crippen molar-refractivity contribution in [2.45, 2.75) is 58.8 Å². The van der Waals surface area contributed by atoms with E-state index >= 15 is 0 Å². The van der Waals surface area contributed by atoms with E-state index in [9.17, 15) is 14.7 Å². The van der Waals surface area contributed by atoms with Crippen molar-refractivity contribution >= 4 is 17.0 Å². The van der Waals surface area contributed by atoms with Gasteiger partial charge in [0.15, 0.2) is 11.5 Å². The number of ether oxygens (including phenoxy) is 3. The average molecular weight is 626 g/mol. The second-order valence-electron chi connectivity index (χ2n) is 13.2. The smallest absolute Gasteiger partial charge is 0.408 e. The molecule has 6 rings (SSSR count). The van der Waals surface area contributed by atoms with Gasteiger partial charge in [-0.3, -0.25) is 9.69 Å². The number of para-hydroxylation sites is 1. The van der Waals surface area contributed by atoms with E-state index < -0.39 is 6.09 Å². The highest BCUT2D eigenvalue weighted by Crippen LogP contribution is 2.43. The van der Waals surface area contributed by atoms with Gasteiger partial charge in [-0.05, 0) is 53.6 Å². The minimum Gasteiger partial charge on any atom is -0.488 e. The molecule has 46 heavy (non-hydrogen) atoms. The van der Waals surface area contributed by atoms with E-state index in [1.807, 2.05) is 77.4 Å². The largest absolute Gasteiger partial charge is 0.488 e. The molecule has 1 fully saturated rings. The Morgan fingerprint density at radius 3 is 2.35 bits per heavy atom. The molecular formula is C37H43N3O6. The van der Waals surface area contributed by atoms with Crippen LogP contribution in [-0.2, 0) is 13.2 Å². The second-order valence-corrected chi connectivity index (χ2v) is 13.2. The Balaban J connectivity index is 1.14. The highest BCUT2D eigenvalue weighted by atomic mass is 16.6. The van der Waals surface area contributed by atoms with Crippen molar-refractivity contribution < 1.29 is 24.1 Å².